The van der Waals surface area contributed by atoms with Gasteiger partial charge in [-0.25, -0.2) is 9.98 Å². The fraction of sp³-hybridized carbons (Fsp3) is 0.474. The van der Waals surface area contributed by atoms with Gasteiger partial charge in [0.05, 0.1) is 25.8 Å². The molecule has 0 fully saturated rings. The summed E-state index contributed by atoms with van der Waals surface area (Å²) in [4.78, 5) is 10.4. The van der Waals surface area contributed by atoms with Crippen molar-refractivity contribution in [1.82, 2.24) is 15.6 Å². The number of thiazole rings is 1. The Morgan fingerprint density at radius 1 is 1.19 bits per heavy atom. The molecule has 1 heterocycles. The van der Waals surface area contributed by atoms with Crippen LogP contribution < -0.4 is 20.1 Å². The molecule has 0 atom stereocenters. The van der Waals surface area contributed by atoms with E-state index in [0.717, 1.165) is 54.0 Å². The fourth-order valence-electron chi connectivity index (χ4n) is 2.40. The highest BCUT2D eigenvalue weighted by Crippen LogP contribution is 2.25. The summed E-state index contributed by atoms with van der Waals surface area (Å²) in [6.45, 7) is 6.34. The van der Waals surface area contributed by atoms with Crippen LogP contribution in [-0.4, -0.2) is 38.3 Å². The van der Waals surface area contributed by atoms with Gasteiger partial charge in [0.15, 0.2) is 5.96 Å². The number of hydrogen-bond acceptors (Lipinski definition) is 5. The van der Waals surface area contributed by atoms with E-state index in [0.29, 0.717) is 6.54 Å². The highest BCUT2D eigenvalue weighted by molar-refractivity contribution is 7.11. The standard InChI is InChI=1S/C19H28N4O2S/c1-5-16-13-22-18(26-16)9-10-21-19(20-6-2)23-12-14-7-8-15(24-3)11-17(14)25-4/h7-8,11,13H,5-6,9-10,12H2,1-4H3,(H2,20,21,23). The van der Waals surface area contributed by atoms with Gasteiger partial charge in [-0.15, -0.1) is 11.3 Å². The summed E-state index contributed by atoms with van der Waals surface area (Å²) in [7, 11) is 3.30. The maximum Gasteiger partial charge on any atom is 0.191 e. The molecule has 0 saturated carbocycles. The highest BCUT2D eigenvalue weighted by atomic mass is 32.1. The lowest BCUT2D eigenvalue weighted by Gasteiger charge is -2.12. The number of aryl methyl sites for hydroxylation is 1. The second-order valence-electron chi connectivity index (χ2n) is 5.62. The van der Waals surface area contributed by atoms with Gasteiger partial charge in [0.25, 0.3) is 0 Å². The molecule has 0 amide bonds. The number of nitrogens with one attached hydrogen (secondary N) is 2. The maximum absolute atomic E-state index is 5.44. The Morgan fingerprint density at radius 2 is 2.04 bits per heavy atom. The van der Waals surface area contributed by atoms with Crippen molar-refractivity contribution >= 4 is 17.3 Å². The molecule has 142 valence electrons. The van der Waals surface area contributed by atoms with E-state index in [1.807, 2.05) is 24.4 Å². The zero-order chi connectivity index (χ0) is 18.8. The minimum Gasteiger partial charge on any atom is -0.497 e. The summed E-state index contributed by atoms with van der Waals surface area (Å²) in [6, 6.07) is 5.77. The SMILES string of the molecule is CCNC(=NCc1ccc(OC)cc1OC)NCCc1ncc(CC)s1. The lowest BCUT2D eigenvalue weighted by Crippen LogP contribution is -2.38. The minimum atomic E-state index is 0.528. The van der Waals surface area contributed by atoms with Crippen molar-refractivity contribution in [2.24, 2.45) is 4.99 Å². The normalized spacial score (nSPS) is 11.3. The smallest absolute Gasteiger partial charge is 0.191 e. The number of hydrogen-bond donors (Lipinski definition) is 2. The van der Waals surface area contributed by atoms with Gasteiger partial charge in [0.2, 0.25) is 0 Å². The van der Waals surface area contributed by atoms with E-state index in [4.69, 9.17) is 9.47 Å². The third-order valence-corrected chi connectivity index (χ3v) is 5.03. The largest absolute Gasteiger partial charge is 0.497 e. The zero-order valence-electron chi connectivity index (χ0n) is 16.0. The molecule has 0 saturated heterocycles. The second-order valence-corrected chi connectivity index (χ2v) is 6.82. The van der Waals surface area contributed by atoms with Crippen molar-refractivity contribution in [2.75, 3.05) is 27.3 Å². The second kappa shape index (κ2) is 10.7. The monoisotopic (exact) mass is 376 g/mol. The summed E-state index contributed by atoms with van der Waals surface area (Å²) in [6.07, 6.45) is 3.90. The van der Waals surface area contributed by atoms with Crippen LogP contribution in [0.1, 0.15) is 29.3 Å². The van der Waals surface area contributed by atoms with Crippen LogP contribution in [0.5, 0.6) is 11.5 Å². The molecule has 2 rings (SSSR count). The fourth-order valence-corrected chi connectivity index (χ4v) is 3.27. The molecular formula is C19H28N4O2S. The van der Waals surface area contributed by atoms with Crippen molar-refractivity contribution in [1.29, 1.82) is 0 Å². The van der Waals surface area contributed by atoms with Crippen molar-refractivity contribution in [3.05, 3.63) is 39.8 Å². The molecule has 6 nitrogen and oxygen atoms in total. The molecule has 0 aliphatic carbocycles. The summed E-state index contributed by atoms with van der Waals surface area (Å²) in [5, 5.41) is 7.79. The zero-order valence-corrected chi connectivity index (χ0v) is 16.8. The highest BCUT2D eigenvalue weighted by Gasteiger charge is 2.06. The van der Waals surface area contributed by atoms with Crippen LogP contribution in [0.4, 0.5) is 0 Å². The van der Waals surface area contributed by atoms with E-state index in [2.05, 4.69) is 34.5 Å². The van der Waals surface area contributed by atoms with Gasteiger partial charge in [-0.05, 0) is 25.5 Å². The third-order valence-electron chi connectivity index (χ3n) is 3.83. The molecule has 0 radical (unpaired) electrons. The van der Waals surface area contributed by atoms with E-state index in [9.17, 15) is 0 Å². The number of rotatable bonds is 9. The first-order valence-corrected chi connectivity index (χ1v) is 9.68. The first-order chi connectivity index (χ1) is 12.7. The Hall–Kier alpha value is -2.28. The molecule has 1 aromatic heterocycles. The summed E-state index contributed by atoms with van der Waals surface area (Å²) in [5.41, 5.74) is 1.01. The van der Waals surface area contributed by atoms with Crippen LogP contribution in [0.3, 0.4) is 0 Å². The molecule has 0 aliphatic rings. The van der Waals surface area contributed by atoms with Gasteiger partial charge in [0.1, 0.15) is 11.5 Å². The quantitative estimate of drug-likeness (QED) is 0.520. The van der Waals surface area contributed by atoms with Gasteiger partial charge < -0.3 is 20.1 Å². The number of guanidine groups is 1. The van der Waals surface area contributed by atoms with E-state index in [1.54, 1.807) is 25.6 Å². The van der Waals surface area contributed by atoms with E-state index >= 15 is 0 Å². The van der Waals surface area contributed by atoms with Crippen molar-refractivity contribution in [3.8, 4) is 11.5 Å². The van der Waals surface area contributed by atoms with Crippen LogP contribution in [0, 0.1) is 0 Å². The van der Waals surface area contributed by atoms with Crippen LogP contribution in [-0.2, 0) is 19.4 Å². The van der Waals surface area contributed by atoms with Gasteiger partial charge in [-0.2, -0.15) is 0 Å². The average Bonchev–Trinajstić information content (AvgIpc) is 3.14. The van der Waals surface area contributed by atoms with Gasteiger partial charge >= 0.3 is 0 Å². The van der Waals surface area contributed by atoms with Crippen molar-refractivity contribution in [3.63, 3.8) is 0 Å². The lowest BCUT2D eigenvalue weighted by atomic mass is 10.2. The Bertz CT molecular complexity index is 715. The first-order valence-electron chi connectivity index (χ1n) is 8.86. The van der Waals surface area contributed by atoms with Crippen LogP contribution >= 0.6 is 11.3 Å². The number of nitrogens with zero attached hydrogens (tertiary/aromatic N) is 2. The molecule has 7 heteroatoms. The van der Waals surface area contributed by atoms with E-state index in [1.165, 1.54) is 4.88 Å². The molecule has 0 aliphatic heterocycles. The number of methoxy groups -OCH3 is 2. The molecule has 26 heavy (non-hydrogen) atoms. The Kier molecular flexibility index (Phi) is 8.21. The van der Waals surface area contributed by atoms with Gasteiger partial charge in [0, 0.05) is 42.2 Å². The topological polar surface area (TPSA) is 67.8 Å². The van der Waals surface area contributed by atoms with Crippen LogP contribution in [0.15, 0.2) is 29.4 Å². The number of ether oxygens (including phenoxy) is 2. The van der Waals surface area contributed by atoms with Crippen LogP contribution in [0.2, 0.25) is 0 Å². The molecule has 0 unspecified atom stereocenters. The summed E-state index contributed by atoms with van der Waals surface area (Å²) < 4.78 is 10.7. The van der Waals surface area contributed by atoms with Gasteiger partial charge in [-0.3, -0.25) is 0 Å². The predicted molar refractivity (Wildman–Crippen MR) is 108 cm³/mol. The van der Waals surface area contributed by atoms with Crippen LogP contribution in [0.25, 0.3) is 0 Å². The van der Waals surface area contributed by atoms with Crippen molar-refractivity contribution < 1.29 is 9.47 Å². The molecule has 1 aromatic carbocycles. The number of aliphatic imine (C=N–C) groups is 1. The molecule has 0 bridgehead atoms. The minimum absolute atomic E-state index is 0.528. The summed E-state index contributed by atoms with van der Waals surface area (Å²) in [5.74, 6) is 2.34. The van der Waals surface area contributed by atoms with Gasteiger partial charge in [-0.1, -0.05) is 6.92 Å². The Balaban J connectivity index is 1.95. The Morgan fingerprint density at radius 3 is 2.69 bits per heavy atom. The predicted octanol–water partition coefficient (Wildman–Crippen LogP) is 3.02. The summed E-state index contributed by atoms with van der Waals surface area (Å²) >= 11 is 1.78. The Labute approximate surface area is 159 Å². The maximum atomic E-state index is 5.44. The first kappa shape index (κ1) is 20.0. The third kappa shape index (κ3) is 5.91. The lowest BCUT2D eigenvalue weighted by molar-refractivity contribution is 0.391. The average molecular weight is 377 g/mol. The molecular weight excluding hydrogens is 348 g/mol. The molecule has 0 spiro atoms. The molecule has 2 N–H and O–H groups in total. The van der Waals surface area contributed by atoms with Crippen molar-refractivity contribution in [2.45, 2.75) is 33.2 Å². The number of benzene rings is 1. The van der Waals surface area contributed by atoms with E-state index in [-0.39, 0.29) is 0 Å². The molecule has 2 aromatic rings. The number of aromatic nitrogens is 1. The van der Waals surface area contributed by atoms with E-state index < -0.39 is 0 Å².